The average molecular weight is 388 g/mol. The predicted molar refractivity (Wildman–Crippen MR) is 103 cm³/mol. The fourth-order valence-electron chi connectivity index (χ4n) is 3.72. The van der Waals surface area contributed by atoms with Crippen molar-refractivity contribution in [2.75, 3.05) is 51.9 Å². The molecule has 2 fully saturated rings. The summed E-state index contributed by atoms with van der Waals surface area (Å²) < 4.78 is 16.1. The number of carbonyl (C=O) groups is 1. The van der Waals surface area contributed by atoms with E-state index in [1.54, 1.807) is 19.2 Å². The van der Waals surface area contributed by atoms with Gasteiger partial charge < -0.3 is 24.0 Å². The van der Waals surface area contributed by atoms with E-state index in [1.807, 2.05) is 9.80 Å². The molecule has 0 spiro atoms. The van der Waals surface area contributed by atoms with Gasteiger partial charge in [-0.05, 0) is 18.9 Å². The van der Waals surface area contributed by atoms with E-state index in [0.717, 1.165) is 12.8 Å². The second kappa shape index (κ2) is 7.67. The van der Waals surface area contributed by atoms with Crippen LogP contribution in [0.15, 0.2) is 16.9 Å². The van der Waals surface area contributed by atoms with Gasteiger partial charge in [0.25, 0.3) is 11.5 Å². The third-order valence-electron chi connectivity index (χ3n) is 5.29. The van der Waals surface area contributed by atoms with Crippen molar-refractivity contribution in [1.82, 2.24) is 14.9 Å². The molecule has 0 aliphatic carbocycles. The lowest BCUT2D eigenvalue weighted by atomic mass is 10.2. The van der Waals surface area contributed by atoms with Crippen molar-refractivity contribution in [3.8, 4) is 11.5 Å². The Bertz CT molecular complexity index is 930. The highest BCUT2D eigenvalue weighted by Gasteiger charge is 2.30. The van der Waals surface area contributed by atoms with Crippen LogP contribution in [0.3, 0.4) is 0 Å². The first-order valence-electron chi connectivity index (χ1n) is 9.42. The van der Waals surface area contributed by atoms with Crippen molar-refractivity contribution < 1.29 is 19.0 Å². The quantitative estimate of drug-likeness (QED) is 0.826. The Labute approximate surface area is 162 Å². The van der Waals surface area contributed by atoms with Crippen molar-refractivity contribution in [2.45, 2.75) is 18.9 Å². The van der Waals surface area contributed by atoms with Gasteiger partial charge in [-0.15, -0.1) is 0 Å². The van der Waals surface area contributed by atoms with Gasteiger partial charge in [-0.1, -0.05) is 0 Å². The van der Waals surface area contributed by atoms with Gasteiger partial charge in [0.15, 0.2) is 11.5 Å². The molecule has 1 N–H and O–H groups in total. The van der Waals surface area contributed by atoms with Crippen molar-refractivity contribution >= 4 is 22.8 Å². The van der Waals surface area contributed by atoms with E-state index in [4.69, 9.17) is 14.2 Å². The monoisotopic (exact) mass is 388 g/mol. The fraction of sp³-hybridized carbons (Fsp3) is 0.526. The lowest BCUT2D eigenvalue weighted by molar-refractivity contribution is -0.141. The van der Waals surface area contributed by atoms with Crippen molar-refractivity contribution in [2.24, 2.45) is 0 Å². The highest BCUT2D eigenvalue weighted by molar-refractivity contribution is 5.83. The number of amides is 1. The third-order valence-corrected chi connectivity index (χ3v) is 5.29. The molecule has 3 heterocycles. The van der Waals surface area contributed by atoms with Crippen LogP contribution in [0.1, 0.15) is 12.8 Å². The molecule has 0 bridgehead atoms. The maximum atomic E-state index is 12.6. The molecule has 1 aromatic carbocycles. The molecule has 1 aromatic heterocycles. The highest BCUT2D eigenvalue weighted by atomic mass is 16.5. The summed E-state index contributed by atoms with van der Waals surface area (Å²) >= 11 is 0. The first-order valence-corrected chi connectivity index (χ1v) is 9.42. The minimum atomic E-state index is -0.299. The number of aromatic amines is 1. The van der Waals surface area contributed by atoms with Gasteiger partial charge in [0, 0.05) is 38.9 Å². The van der Waals surface area contributed by atoms with Crippen LogP contribution in [-0.4, -0.2) is 73.9 Å². The predicted octanol–water partition coefficient (Wildman–Crippen LogP) is 0.768. The minimum Gasteiger partial charge on any atom is -0.493 e. The fourth-order valence-corrected chi connectivity index (χ4v) is 3.72. The summed E-state index contributed by atoms with van der Waals surface area (Å²) in [5, 5.41) is 0.439. The van der Waals surface area contributed by atoms with Gasteiger partial charge in [0.2, 0.25) is 5.95 Å². The van der Waals surface area contributed by atoms with E-state index in [2.05, 4.69) is 9.97 Å². The summed E-state index contributed by atoms with van der Waals surface area (Å²) in [6.45, 7) is 3.01. The third kappa shape index (κ3) is 3.37. The number of H-pyrrole nitrogens is 1. The Balaban J connectivity index is 1.53. The number of hydrogen-bond donors (Lipinski definition) is 1. The Morgan fingerprint density at radius 1 is 1.18 bits per heavy atom. The summed E-state index contributed by atoms with van der Waals surface area (Å²) in [7, 11) is 3.07. The van der Waals surface area contributed by atoms with Crippen LogP contribution in [0.2, 0.25) is 0 Å². The standard InChI is InChI=1S/C19H24N4O5/c1-26-15-10-12-13(11-16(15)27-2)20-19(21-17(12)24)23-7-5-22(6-8-23)18(25)14-4-3-9-28-14/h10-11,14H,3-9H2,1-2H3,(H,20,21,24)/t14-/m0/s1. The zero-order valence-electron chi connectivity index (χ0n) is 16.1. The molecule has 1 amide bonds. The molecule has 0 unspecified atom stereocenters. The van der Waals surface area contributed by atoms with Crippen LogP contribution in [-0.2, 0) is 9.53 Å². The minimum absolute atomic E-state index is 0.0638. The molecule has 1 atom stereocenters. The Morgan fingerprint density at radius 3 is 2.54 bits per heavy atom. The number of nitrogens with one attached hydrogen (secondary N) is 1. The lowest BCUT2D eigenvalue weighted by Crippen LogP contribution is -2.52. The summed E-state index contributed by atoms with van der Waals surface area (Å²) in [4.78, 5) is 36.3. The lowest BCUT2D eigenvalue weighted by Gasteiger charge is -2.36. The van der Waals surface area contributed by atoms with E-state index < -0.39 is 0 Å². The molecule has 2 aromatic rings. The van der Waals surface area contributed by atoms with Crippen LogP contribution >= 0.6 is 0 Å². The molecule has 28 heavy (non-hydrogen) atoms. The van der Waals surface area contributed by atoms with Gasteiger partial charge in [-0.25, -0.2) is 4.98 Å². The smallest absolute Gasteiger partial charge is 0.260 e. The maximum absolute atomic E-state index is 12.6. The number of benzene rings is 1. The number of aromatic nitrogens is 2. The van der Waals surface area contributed by atoms with Crippen LogP contribution in [0, 0.1) is 0 Å². The second-order valence-electron chi connectivity index (χ2n) is 6.93. The number of methoxy groups -OCH3 is 2. The van der Waals surface area contributed by atoms with Gasteiger partial charge in [0.05, 0.1) is 25.1 Å². The zero-order chi connectivity index (χ0) is 19.7. The van der Waals surface area contributed by atoms with Crippen molar-refractivity contribution in [3.63, 3.8) is 0 Å². The van der Waals surface area contributed by atoms with E-state index in [-0.39, 0.29) is 17.6 Å². The van der Waals surface area contributed by atoms with E-state index >= 15 is 0 Å². The number of ether oxygens (including phenoxy) is 3. The van der Waals surface area contributed by atoms with E-state index in [0.29, 0.717) is 61.1 Å². The number of fused-ring (bicyclic) bond motifs is 1. The number of nitrogens with zero attached hydrogens (tertiary/aromatic N) is 3. The van der Waals surface area contributed by atoms with Gasteiger partial charge in [-0.2, -0.15) is 0 Å². The van der Waals surface area contributed by atoms with Gasteiger partial charge >= 0.3 is 0 Å². The second-order valence-corrected chi connectivity index (χ2v) is 6.93. The van der Waals surface area contributed by atoms with Crippen LogP contribution in [0.4, 0.5) is 5.95 Å². The number of anilines is 1. The highest BCUT2D eigenvalue weighted by Crippen LogP contribution is 2.30. The molecular formula is C19H24N4O5. The number of carbonyl (C=O) groups excluding carboxylic acids is 1. The molecule has 0 saturated carbocycles. The summed E-state index contributed by atoms with van der Waals surface area (Å²) in [5.74, 6) is 1.56. The Hall–Kier alpha value is -2.81. The summed E-state index contributed by atoms with van der Waals surface area (Å²) in [5.41, 5.74) is 0.299. The number of hydrogen-bond acceptors (Lipinski definition) is 7. The summed E-state index contributed by atoms with van der Waals surface area (Å²) in [6.07, 6.45) is 1.43. The zero-order valence-corrected chi connectivity index (χ0v) is 16.1. The van der Waals surface area contributed by atoms with E-state index in [1.165, 1.54) is 7.11 Å². The first-order chi connectivity index (χ1) is 13.6. The van der Waals surface area contributed by atoms with Crippen LogP contribution in [0.5, 0.6) is 11.5 Å². The Morgan fingerprint density at radius 2 is 1.89 bits per heavy atom. The molecule has 150 valence electrons. The average Bonchev–Trinajstić information content (AvgIpc) is 3.27. The maximum Gasteiger partial charge on any atom is 0.260 e. The Kier molecular flexibility index (Phi) is 5.08. The van der Waals surface area contributed by atoms with E-state index in [9.17, 15) is 9.59 Å². The SMILES string of the molecule is COc1cc2nc(N3CCN(C(=O)[C@@H]4CCCO4)CC3)[nH]c(=O)c2cc1OC. The first kappa shape index (κ1) is 18.5. The molecular weight excluding hydrogens is 364 g/mol. The molecule has 9 heteroatoms. The van der Waals surface area contributed by atoms with Crippen LogP contribution < -0.4 is 19.9 Å². The van der Waals surface area contributed by atoms with Gasteiger partial charge in [0.1, 0.15) is 6.10 Å². The largest absolute Gasteiger partial charge is 0.493 e. The number of rotatable bonds is 4. The topological polar surface area (TPSA) is 97.0 Å². The summed E-state index contributed by atoms with van der Waals surface area (Å²) in [6, 6.07) is 3.33. The number of piperazine rings is 1. The molecule has 0 radical (unpaired) electrons. The molecule has 2 aliphatic rings. The van der Waals surface area contributed by atoms with Crippen LogP contribution in [0.25, 0.3) is 10.9 Å². The normalized spacial score (nSPS) is 19.9. The molecule has 4 rings (SSSR count). The van der Waals surface area contributed by atoms with Gasteiger partial charge in [-0.3, -0.25) is 14.6 Å². The van der Waals surface area contributed by atoms with Crippen molar-refractivity contribution in [1.29, 1.82) is 0 Å². The molecule has 2 aliphatic heterocycles. The molecule has 2 saturated heterocycles. The molecule has 9 nitrogen and oxygen atoms in total. The van der Waals surface area contributed by atoms with Crippen molar-refractivity contribution in [3.05, 3.63) is 22.5 Å².